The lowest BCUT2D eigenvalue weighted by Crippen LogP contribution is -2.15. The normalized spacial score (nSPS) is 13.7. The molecule has 1 amide bonds. The van der Waals surface area contributed by atoms with Crippen LogP contribution in [0.3, 0.4) is 0 Å². The van der Waals surface area contributed by atoms with E-state index >= 15 is 0 Å². The van der Waals surface area contributed by atoms with Gasteiger partial charge < -0.3 is 15.1 Å². The highest BCUT2D eigenvalue weighted by atomic mass is 16.2. The van der Waals surface area contributed by atoms with Crippen molar-refractivity contribution < 1.29 is 4.79 Å². The third kappa shape index (κ3) is 4.41. The minimum Gasteiger partial charge on any atom is -0.369 e. The average Bonchev–Trinajstić information content (AvgIpc) is 2.65. The van der Waals surface area contributed by atoms with Crippen LogP contribution in [0.1, 0.15) is 12.0 Å². The van der Waals surface area contributed by atoms with Crippen molar-refractivity contribution in [1.29, 1.82) is 0 Å². The first kappa shape index (κ1) is 18.4. The van der Waals surface area contributed by atoms with Crippen LogP contribution in [0.25, 0.3) is 16.5 Å². The number of hydrogen-bond donors (Lipinski definition) is 1. The van der Waals surface area contributed by atoms with Gasteiger partial charge in [0.25, 0.3) is 5.91 Å². The van der Waals surface area contributed by atoms with E-state index in [2.05, 4.69) is 57.3 Å². The summed E-state index contributed by atoms with van der Waals surface area (Å²) in [6, 6.07) is 8.09. The Balaban J connectivity index is 1.83. The Morgan fingerprint density at radius 1 is 1.33 bits per heavy atom. The number of benzene rings is 1. The zero-order chi connectivity index (χ0) is 19.4. The van der Waals surface area contributed by atoms with Gasteiger partial charge in [-0.1, -0.05) is 30.9 Å². The van der Waals surface area contributed by atoms with Gasteiger partial charge in [-0.3, -0.25) is 4.79 Å². The fourth-order valence-electron chi connectivity index (χ4n) is 2.75. The molecule has 1 aliphatic rings. The molecule has 0 unspecified atom stereocenters. The number of anilines is 1. The van der Waals surface area contributed by atoms with Crippen LogP contribution in [0.2, 0.25) is 0 Å². The molecule has 3 rings (SSSR count). The lowest BCUT2D eigenvalue weighted by molar-refractivity contribution is -0.112. The highest BCUT2D eigenvalue weighted by molar-refractivity contribution is 6.04. The monoisotopic (exact) mass is 361 g/mol. The molecule has 2 aromatic rings. The molecule has 0 spiro atoms. The molecule has 1 N–H and O–H groups in total. The van der Waals surface area contributed by atoms with Crippen LogP contribution in [-0.4, -0.2) is 48.2 Å². The summed E-state index contributed by atoms with van der Waals surface area (Å²) in [6.45, 7) is 3.68. The zero-order valence-electron chi connectivity index (χ0n) is 15.8. The van der Waals surface area contributed by atoms with Gasteiger partial charge in [0.05, 0.1) is 6.34 Å². The van der Waals surface area contributed by atoms with Crippen LogP contribution < -0.4 is 5.32 Å². The molecule has 0 fully saturated rings. The standard InChI is InChI=1S/C21H23N5O/c1-15(23-14-25(2)3)21(27)24-20-12-18-11-16(8-9-17(18)13-22-20)19-7-5-6-10-26(19)4/h6-14H,1,5H2,2-4H3,(H,22,24,27). The number of aromatic nitrogens is 1. The molecule has 1 aromatic heterocycles. The SMILES string of the molecule is C=C(N=CN(C)C)C(=O)Nc1cc2cc(C3=CCC=CN3C)ccc2cn1. The van der Waals surface area contributed by atoms with E-state index in [-0.39, 0.29) is 11.6 Å². The lowest BCUT2D eigenvalue weighted by Gasteiger charge is -2.22. The number of pyridine rings is 1. The first-order chi connectivity index (χ1) is 12.9. The van der Waals surface area contributed by atoms with E-state index < -0.39 is 0 Å². The van der Waals surface area contributed by atoms with E-state index in [4.69, 9.17) is 0 Å². The molecule has 138 valence electrons. The molecular weight excluding hydrogens is 338 g/mol. The Kier molecular flexibility index (Phi) is 5.35. The van der Waals surface area contributed by atoms with Gasteiger partial charge in [0.1, 0.15) is 11.5 Å². The maximum Gasteiger partial charge on any atom is 0.274 e. The van der Waals surface area contributed by atoms with Crippen molar-refractivity contribution in [1.82, 2.24) is 14.8 Å². The van der Waals surface area contributed by atoms with Crippen molar-refractivity contribution >= 4 is 34.5 Å². The molecule has 0 bridgehead atoms. The molecule has 1 aliphatic heterocycles. The quantitative estimate of drug-likeness (QED) is 0.503. The van der Waals surface area contributed by atoms with Crippen LogP contribution in [0.5, 0.6) is 0 Å². The predicted molar refractivity (Wildman–Crippen MR) is 111 cm³/mol. The van der Waals surface area contributed by atoms with Crippen LogP contribution >= 0.6 is 0 Å². The van der Waals surface area contributed by atoms with E-state index in [1.807, 2.05) is 33.3 Å². The average molecular weight is 361 g/mol. The van der Waals surface area contributed by atoms with Crippen molar-refractivity contribution in [2.75, 3.05) is 26.5 Å². The predicted octanol–water partition coefficient (Wildman–Crippen LogP) is 3.47. The maximum atomic E-state index is 12.2. The number of aliphatic imine (C=N–C) groups is 1. The van der Waals surface area contributed by atoms with Crippen LogP contribution in [-0.2, 0) is 4.79 Å². The topological polar surface area (TPSA) is 60.8 Å². The number of carbonyl (C=O) groups is 1. The van der Waals surface area contributed by atoms with Crippen molar-refractivity contribution in [2.24, 2.45) is 4.99 Å². The summed E-state index contributed by atoms with van der Waals surface area (Å²) in [4.78, 5) is 24.4. The molecule has 0 aliphatic carbocycles. The molecule has 6 heteroatoms. The fraction of sp³-hybridized carbons (Fsp3) is 0.190. The van der Waals surface area contributed by atoms with Gasteiger partial charge >= 0.3 is 0 Å². The number of rotatable bonds is 5. The smallest absolute Gasteiger partial charge is 0.274 e. The van der Waals surface area contributed by atoms with Crippen LogP contribution in [0.4, 0.5) is 5.82 Å². The van der Waals surface area contributed by atoms with Crippen LogP contribution in [0.15, 0.2) is 66.1 Å². The summed E-state index contributed by atoms with van der Waals surface area (Å²) in [5.41, 5.74) is 2.41. The Bertz CT molecular complexity index is 972. The zero-order valence-corrected chi connectivity index (χ0v) is 15.8. The van der Waals surface area contributed by atoms with E-state index in [9.17, 15) is 4.79 Å². The van der Waals surface area contributed by atoms with E-state index in [0.717, 1.165) is 28.5 Å². The third-order valence-electron chi connectivity index (χ3n) is 4.12. The number of carbonyl (C=O) groups excluding carboxylic acids is 1. The molecule has 27 heavy (non-hydrogen) atoms. The minimum absolute atomic E-state index is 0.125. The summed E-state index contributed by atoms with van der Waals surface area (Å²) in [7, 11) is 5.68. The number of amides is 1. The van der Waals surface area contributed by atoms with Crippen LogP contribution in [0, 0.1) is 0 Å². The number of nitrogens with one attached hydrogen (secondary N) is 1. The van der Waals surface area contributed by atoms with Crippen molar-refractivity contribution in [2.45, 2.75) is 6.42 Å². The summed E-state index contributed by atoms with van der Waals surface area (Å²) >= 11 is 0. The minimum atomic E-state index is -0.379. The summed E-state index contributed by atoms with van der Waals surface area (Å²) in [5, 5.41) is 4.76. The van der Waals surface area contributed by atoms with Crippen molar-refractivity contribution in [3.05, 3.63) is 66.7 Å². The highest BCUT2D eigenvalue weighted by Crippen LogP contribution is 2.26. The van der Waals surface area contributed by atoms with E-state index in [0.29, 0.717) is 5.82 Å². The van der Waals surface area contributed by atoms with Crippen molar-refractivity contribution in [3.8, 4) is 0 Å². The molecule has 1 aromatic carbocycles. The second-order valence-electron chi connectivity index (χ2n) is 6.56. The second-order valence-corrected chi connectivity index (χ2v) is 6.56. The van der Waals surface area contributed by atoms with Gasteiger partial charge in [-0.25, -0.2) is 9.98 Å². The summed E-state index contributed by atoms with van der Waals surface area (Å²) < 4.78 is 0. The maximum absolute atomic E-state index is 12.2. The van der Waals surface area contributed by atoms with Crippen molar-refractivity contribution in [3.63, 3.8) is 0 Å². The van der Waals surface area contributed by atoms with Gasteiger partial charge in [0, 0.05) is 44.6 Å². The van der Waals surface area contributed by atoms with Gasteiger partial charge in [0.2, 0.25) is 0 Å². The molecule has 2 heterocycles. The second kappa shape index (κ2) is 7.86. The summed E-state index contributed by atoms with van der Waals surface area (Å²) in [5.74, 6) is 0.0905. The molecule has 0 radical (unpaired) electrons. The Labute approximate surface area is 159 Å². The fourth-order valence-corrected chi connectivity index (χ4v) is 2.75. The molecule has 0 saturated heterocycles. The number of fused-ring (bicyclic) bond motifs is 1. The third-order valence-corrected chi connectivity index (χ3v) is 4.12. The van der Waals surface area contributed by atoms with E-state index in [1.54, 1.807) is 11.1 Å². The number of nitrogens with zero attached hydrogens (tertiary/aromatic N) is 4. The molecule has 6 nitrogen and oxygen atoms in total. The molecule has 0 saturated carbocycles. The highest BCUT2D eigenvalue weighted by Gasteiger charge is 2.11. The largest absolute Gasteiger partial charge is 0.369 e. The number of allylic oxidation sites excluding steroid dienone is 2. The van der Waals surface area contributed by atoms with Gasteiger partial charge in [-0.2, -0.15) is 0 Å². The first-order valence-corrected chi connectivity index (χ1v) is 8.65. The lowest BCUT2D eigenvalue weighted by atomic mass is 10.0. The Morgan fingerprint density at radius 2 is 2.15 bits per heavy atom. The van der Waals surface area contributed by atoms with Gasteiger partial charge in [-0.15, -0.1) is 0 Å². The molecule has 0 atom stereocenters. The summed E-state index contributed by atoms with van der Waals surface area (Å²) in [6.07, 6.45) is 10.6. The molecular formula is C21H23N5O. The first-order valence-electron chi connectivity index (χ1n) is 8.65. The van der Waals surface area contributed by atoms with Gasteiger partial charge in [0.15, 0.2) is 0 Å². The van der Waals surface area contributed by atoms with Gasteiger partial charge in [-0.05, 0) is 29.5 Å². The Hall–Kier alpha value is -3.41. The Morgan fingerprint density at radius 3 is 2.89 bits per heavy atom. The number of hydrogen-bond acceptors (Lipinski definition) is 4. The van der Waals surface area contributed by atoms with E-state index in [1.165, 1.54) is 6.34 Å².